The number of amides is 1. The Kier molecular flexibility index (Phi) is 5.60. The normalized spacial score (nSPS) is 22.8. The van der Waals surface area contributed by atoms with Crippen molar-refractivity contribution in [3.63, 3.8) is 0 Å². The van der Waals surface area contributed by atoms with Gasteiger partial charge in [0.05, 0.1) is 0 Å². The van der Waals surface area contributed by atoms with Gasteiger partial charge < -0.3 is 10.6 Å². The first-order valence-corrected chi connectivity index (χ1v) is 5.74. The molecule has 1 fully saturated rings. The van der Waals surface area contributed by atoms with Crippen LogP contribution in [0, 0.1) is 5.92 Å². The lowest BCUT2D eigenvalue weighted by molar-refractivity contribution is -0.120. The molecule has 2 N–H and O–H groups in total. The molecule has 0 spiro atoms. The van der Waals surface area contributed by atoms with E-state index in [1.807, 2.05) is 0 Å². The molecular weight excluding hydrogens is 176 g/mol. The first-order valence-electron chi connectivity index (χ1n) is 5.74. The molecule has 0 radical (unpaired) electrons. The topological polar surface area (TPSA) is 41.1 Å². The van der Waals surface area contributed by atoms with Crippen LogP contribution in [-0.2, 0) is 4.79 Å². The Hall–Kier alpha value is -0.570. The molecule has 1 aliphatic heterocycles. The Balaban J connectivity index is 2.07. The quantitative estimate of drug-likeness (QED) is 0.714. The van der Waals surface area contributed by atoms with Gasteiger partial charge in [-0.3, -0.25) is 4.79 Å². The number of carbonyl (C=O) groups is 1. The van der Waals surface area contributed by atoms with Crippen LogP contribution in [-0.4, -0.2) is 26.0 Å². The predicted molar refractivity (Wildman–Crippen MR) is 58.1 cm³/mol. The van der Waals surface area contributed by atoms with Gasteiger partial charge in [0.1, 0.15) is 0 Å². The second-order valence-electron chi connectivity index (χ2n) is 4.11. The molecule has 1 aliphatic rings. The summed E-state index contributed by atoms with van der Waals surface area (Å²) in [6, 6.07) is 0. The molecule has 14 heavy (non-hydrogen) atoms. The zero-order valence-electron chi connectivity index (χ0n) is 9.14. The van der Waals surface area contributed by atoms with Gasteiger partial charge in [0, 0.05) is 13.5 Å². The van der Waals surface area contributed by atoms with Crippen molar-refractivity contribution in [2.75, 3.05) is 20.1 Å². The summed E-state index contributed by atoms with van der Waals surface area (Å²) in [6.45, 7) is 2.33. The molecule has 0 saturated carbocycles. The third-order valence-electron chi connectivity index (χ3n) is 2.99. The average molecular weight is 198 g/mol. The number of hydrogen-bond donors (Lipinski definition) is 2. The van der Waals surface area contributed by atoms with Crippen molar-refractivity contribution in [2.24, 2.45) is 5.92 Å². The highest BCUT2D eigenvalue weighted by atomic mass is 16.1. The van der Waals surface area contributed by atoms with Crippen LogP contribution in [0.2, 0.25) is 0 Å². The van der Waals surface area contributed by atoms with Crippen molar-refractivity contribution in [2.45, 2.75) is 38.5 Å². The zero-order chi connectivity index (χ0) is 10.2. The minimum Gasteiger partial charge on any atom is -0.359 e. The summed E-state index contributed by atoms with van der Waals surface area (Å²) in [5.41, 5.74) is 0. The van der Waals surface area contributed by atoms with Gasteiger partial charge in [-0.15, -0.1) is 0 Å². The maximum absolute atomic E-state index is 11.0. The van der Waals surface area contributed by atoms with Crippen LogP contribution in [0.3, 0.4) is 0 Å². The molecule has 0 aromatic rings. The van der Waals surface area contributed by atoms with Gasteiger partial charge in [-0.2, -0.15) is 0 Å². The summed E-state index contributed by atoms with van der Waals surface area (Å²) >= 11 is 0. The van der Waals surface area contributed by atoms with Crippen LogP contribution in [0.25, 0.3) is 0 Å². The Morgan fingerprint density at radius 2 is 2.29 bits per heavy atom. The van der Waals surface area contributed by atoms with Gasteiger partial charge in [0.2, 0.25) is 5.91 Å². The molecule has 82 valence electrons. The Morgan fingerprint density at radius 3 is 3.07 bits per heavy atom. The molecule has 0 aromatic carbocycles. The van der Waals surface area contributed by atoms with Crippen LogP contribution in [0.1, 0.15) is 38.5 Å². The number of carbonyl (C=O) groups excluding carboxylic acids is 1. The fourth-order valence-electron chi connectivity index (χ4n) is 2.06. The van der Waals surface area contributed by atoms with E-state index in [1.54, 1.807) is 7.05 Å². The average Bonchev–Trinajstić information content (AvgIpc) is 2.46. The van der Waals surface area contributed by atoms with Crippen LogP contribution in [0.4, 0.5) is 0 Å². The molecule has 1 heterocycles. The molecule has 3 heteroatoms. The van der Waals surface area contributed by atoms with Crippen LogP contribution >= 0.6 is 0 Å². The maximum Gasteiger partial charge on any atom is 0.219 e. The Morgan fingerprint density at radius 1 is 1.43 bits per heavy atom. The maximum atomic E-state index is 11.0. The van der Waals surface area contributed by atoms with Crippen molar-refractivity contribution in [1.82, 2.24) is 10.6 Å². The largest absolute Gasteiger partial charge is 0.359 e. The third-order valence-corrected chi connectivity index (χ3v) is 2.99. The second kappa shape index (κ2) is 6.82. The fraction of sp³-hybridized carbons (Fsp3) is 0.909. The number of hydrogen-bond acceptors (Lipinski definition) is 2. The van der Waals surface area contributed by atoms with Crippen LogP contribution in [0.15, 0.2) is 0 Å². The Labute approximate surface area is 86.6 Å². The van der Waals surface area contributed by atoms with E-state index < -0.39 is 0 Å². The van der Waals surface area contributed by atoms with E-state index in [0.29, 0.717) is 6.42 Å². The van der Waals surface area contributed by atoms with Crippen molar-refractivity contribution in [1.29, 1.82) is 0 Å². The summed E-state index contributed by atoms with van der Waals surface area (Å²) in [4.78, 5) is 11.0. The minimum atomic E-state index is 0.178. The molecule has 1 rings (SSSR count). The molecule has 0 aromatic heterocycles. The molecule has 1 saturated heterocycles. The van der Waals surface area contributed by atoms with E-state index in [-0.39, 0.29) is 5.91 Å². The molecular formula is C11H22N2O. The molecule has 3 nitrogen and oxygen atoms in total. The third kappa shape index (κ3) is 4.61. The minimum absolute atomic E-state index is 0.178. The number of rotatable bonds is 4. The summed E-state index contributed by atoms with van der Waals surface area (Å²) in [5, 5.41) is 6.07. The molecule has 0 bridgehead atoms. The smallest absolute Gasteiger partial charge is 0.219 e. The SMILES string of the molecule is CNC(=O)CCCC1CCCNCC1. The van der Waals surface area contributed by atoms with Crippen molar-refractivity contribution in [3.05, 3.63) is 0 Å². The zero-order valence-corrected chi connectivity index (χ0v) is 9.14. The fourth-order valence-corrected chi connectivity index (χ4v) is 2.06. The molecule has 1 unspecified atom stereocenters. The lowest BCUT2D eigenvalue weighted by atomic mass is 9.94. The summed E-state index contributed by atoms with van der Waals surface area (Å²) < 4.78 is 0. The van der Waals surface area contributed by atoms with E-state index in [2.05, 4.69) is 10.6 Å². The van der Waals surface area contributed by atoms with Gasteiger partial charge >= 0.3 is 0 Å². The monoisotopic (exact) mass is 198 g/mol. The van der Waals surface area contributed by atoms with Gasteiger partial charge in [0.15, 0.2) is 0 Å². The molecule has 0 aliphatic carbocycles. The van der Waals surface area contributed by atoms with E-state index in [9.17, 15) is 4.79 Å². The van der Waals surface area contributed by atoms with E-state index >= 15 is 0 Å². The highest BCUT2D eigenvalue weighted by molar-refractivity contribution is 5.75. The van der Waals surface area contributed by atoms with Crippen LogP contribution in [0.5, 0.6) is 0 Å². The Bertz CT molecular complexity index is 163. The standard InChI is InChI=1S/C11H22N2O/c1-12-11(14)6-2-4-10-5-3-8-13-9-7-10/h10,13H,2-9H2,1H3,(H,12,14). The van der Waals surface area contributed by atoms with E-state index in [0.717, 1.165) is 18.9 Å². The van der Waals surface area contributed by atoms with Crippen molar-refractivity contribution >= 4 is 5.91 Å². The summed E-state index contributed by atoms with van der Waals surface area (Å²) in [7, 11) is 1.71. The van der Waals surface area contributed by atoms with E-state index in [4.69, 9.17) is 0 Å². The van der Waals surface area contributed by atoms with Gasteiger partial charge in [0.25, 0.3) is 0 Å². The summed E-state index contributed by atoms with van der Waals surface area (Å²) in [5.74, 6) is 1.02. The highest BCUT2D eigenvalue weighted by Crippen LogP contribution is 2.19. The molecule has 1 amide bonds. The first kappa shape index (κ1) is 11.5. The lowest BCUT2D eigenvalue weighted by Gasteiger charge is -2.12. The van der Waals surface area contributed by atoms with Crippen molar-refractivity contribution < 1.29 is 4.79 Å². The van der Waals surface area contributed by atoms with Crippen LogP contribution < -0.4 is 10.6 Å². The second-order valence-corrected chi connectivity index (χ2v) is 4.11. The lowest BCUT2D eigenvalue weighted by Crippen LogP contribution is -2.17. The first-order chi connectivity index (χ1) is 6.83. The van der Waals surface area contributed by atoms with E-state index in [1.165, 1.54) is 32.2 Å². The van der Waals surface area contributed by atoms with Gasteiger partial charge in [-0.25, -0.2) is 0 Å². The summed E-state index contributed by atoms with van der Waals surface area (Å²) in [6.07, 6.45) is 6.87. The molecule has 1 atom stereocenters. The van der Waals surface area contributed by atoms with Gasteiger partial charge in [-0.05, 0) is 51.1 Å². The predicted octanol–water partition coefficient (Wildman–Crippen LogP) is 1.29. The van der Waals surface area contributed by atoms with Gasteiger partial charge in [-0.1, -0.05) is 0 Å². The highest BCUT2D eigenvalue weighted by Gasteiger charge is 2.11. The van der Waals surface area contributed by atoms with Crippen molar-refractivity contribution in [3.8, 4) is 0 Å². The number of nitrogens with one attached hydrogen (secondary N) is 2.